The Morgan fingerprint density at radius 3 is 2.23 bits per heavy atom. The molecule has 0 bridgehead atoms. The number of ether oxygens (including phenoxy) is 2. The molecule has 10 nitrogen and oxygen atoms in total. The first-order valence-corrected chi connectivity index (χ1v) is 10.5. The van der Waals surface area contributed by atoms with E-state index in [4.69, 9.17) is 9.47 Å². The molecule has 0 aromatic heterocycles. The fraction of sp³-hybridized carbons (Fsp3) is 0.250. The Labute approximate surface area is 180 Å². The zero-order chi connectivity index (χ0) is 23.2. The number of amides is 3. The van der Waals surface area contributed by atoms with Crippen LogP contribution in [0.4, 0.5) is 10.5 Å². The Hall–Kier alpha value is -3.60. The van der Waals surface area contributed by atoms with Gasteiger partial charge in [0.2, 0.25) is 0 Å². The molecule has 0 aliphatic heterocycles. The Bertz CT molecular complexity index is 1070. The quantitative estimate of drug-likeness (QED) is 0.613. The minimum Gasteiger partial charge on any atom is -0.495 e. The number of sulfonamides is 1. The Morgan fingerprint density at radius 1 is 1.03 bits per heavy atom. The summed E-state index contributed by atoms with van der Waals surface area (Å²) in [5.74, 6) is -1.26. The van der Waals surface area contributed by atoms with Crippen LogP contribution >= 0.6 is 0 Å². The number of urea groups is 1. The van der Waals surface area contributed by atoms with Crippen LogP contribution in [0.2, 0.25) is 0 Å². The Balaban J connectivity index is 2.15. The van der Waals surface area contributed by atoms with Crippen molar-refractivity contribution in [1.29, 1.82) is 0 Å². The Kier molecular flexibility index (Phi) is 7.59. The molecule has 166 valence electrons. The molecule has 31 heavy (non-hydrogen) atoms. The van der Waals surface area contributed by atoms with Gasteiger partial charge < -0.3 is 14.8 Å². The molecule has 0 aliphatic rings. The van der Waals surface area contributed by atoms with Crippen molar-refractivity contribution in [3.8, 4) is 5.75 Å². The normalized spacial score (nSPS) is 11.7. The van der Waals surface area contributed by atoms with Gasteiger partial charge in [0.15, 0.2) is 6.10 Å². The van der Waals surface area contributed by atoms with Gasteiger partial charge in [0, 0.05) is 14.1 Å². The van der Waals surface area contributed by atoms with E-state index >= 15 is 0 Å². The van der Waals surface area contributed by atoms with Gasteiger partial charge in [-0.25, -0.2) is 18.0 Å². The van der Waals surface area contributed by atoms with Crippen LogP contribution in [0.5, 0.6) is 5.75 Å². The third kappa shape index (κ3) is 5.51. The number of carbonyl (C=O) groups excluding carboxylic acids is 3. The molecular formula is C20H23N3O7S. The lowest BCUT2D eigenvalue weighted by Crippen LogP contribution is -2.43. The zero-order valence-electron chi connectivity index (χ0n) is 17.4. The molecule has 0 saturated heterocycles. The molecule has 0 aliphatic carbocycles. The number of anilines is 1. The number of para-hydroxylation sites is 2. The molecule has 0 radical (unpaired) electrons. The maximum absolute atomic E-state index is 12.9. The third-order valence-electron chi connectivity index (χ3n) is 4.29. The van der Waals surface area contributed by atoms with Crippen LogP contribution in [0.3, 0.4) is 0 Å². The van der Waals surface area contributed by atoms with Crippen molar-refractivity contribution in [1.82, 2.24) is 10.6 Å². The summed E-state index contributed by atoms with van der Waals surface area (Å²) in [7, 11) is 0.237. The van der Waals surface area contributed by atoms with E-state index < -0.39 is 34.0 Å². The lowest BCUT2D eigenvalue weighted by molar-refractivity contribution is -0.127. The van der Waals surface area contributed by atoms with Gasteiger partial charge in [0.1, 0.15) is 5.75 Å². The summed E-state index contributed by atoms with van der Waals surface area (Å²) in [6.07, 6.45) is -1.23. The fourth-order valence-electron chi connectivity index (χ4n) is 2.50. The van der Waals surface area contributed by atoms with E-state index in [-0.39, 0.29) is 10.5 Å². The highest BCUT2D eigenvalue weighted by Crippen LogP contribution is 2.30. The minimum atomic E-state index is -3.93. The number of methoxy groups -OCH3 is 1. The first-order valence-electron chi connectivity index (χ1n) is 9.07. The Morgan fingerprint density at radius 2 is 1.65 bits per heavy atom. The molecule has 0 saturated carbocycles. The summed E-state index contributed by atoms with van der Waals surface area (Å²) in [4.78, 5) is 35.1. The molecule has 3 amide bonds. The molecule has 2 N–H and O–H groups in total. The highest BCUT2D eigenvalue weighted by molar-refractivity contribution is 7.92. The number of imide groups is 1. The number of nitrogens with zero attached hydrogens (tertiary/aromatic N) is 1. The number of hydrogen-bond donors (Lipinski definition) is 2. The molecule has 1 atom stereocenters. The highest BCUT2D eigenvalue weighted by atomic mass is 32.2. The summed E-state index contributed by atoms with van der Waals surface area (Å²) in [5, 5.41) is 4.20. The monoisotopic (exact) mass is 449 g/mol. The average Bonchev–Trinajstić information content (AvgIpc) is 2.78. The first kappa shape index (κ1) is 23.7. The van der Waals surface area contributed by atoms with Crippen LogP contribution in [0.25, 0.3) is 0 Å². The van der Waals surface area contributed by atoms with Gasteiger partial charge in [-0.05, 0) is 43.3 Å². The second-order valence-electron chi connectivity index (χ2n) is 6.28. The summed E-state index contributed by atoms with van der Waals surface area (Å²) in [5.41, 5.74) is 0.392. The molecular weight excluding hydrogens is 426 g/mol. The van der Waals surface area contributed by atoms with Gasteiger partial charge in [-0.15, -0.1) is 0 Å². The number of rotatable bonds is 7. The number of benzene rings is 2. The van der Waals surface area contributed by atoms with Crippen LogP contribution in [0.15, 0.2) is 53.4 Å². The maximum Gasteiger partial charge on any atom is 0.338 e. The minimum absolute atomic E-state index is 0.0403. The molecule has 2 aromatic carbocycles. The first-order chi connectivity index (χ1) is 14.6. The zero-order valence-corrected chi connectivity index (χ0v) is 18.2. The van der Waals surface area contributed by atoms with Crippen molar-refractivity contribution in [2.45, 2.75) is 17.9 Å². The van der Waals surface area contributed by atoms with Crippen LogP contribution in [-0.4, -0.2) is 53.6 Å². The van der Waals surface area contributed by atoms with Gasteiger partial charge in [-0.3, -0.25) is 14.4 Å². The number of hydrogen-bond acceptors (Lipinski definition) is 7. The summed E-state index contributed by atoms with van der Waals surface area (Å²) in [6.45, 7) is 1.30. The molecule has 0 spiro atoms. The molecule has 1 unspecified atom stereocenters. The van der Waals surface area contributed by atoms with Gasteiger partial charge in [-0.2, -0.15) is 0 Å². The van der Waals surface area contributed by atoms with Crippen LogP contribution < -0.4 is 19.7 Å². The lowest BCUT2D eigenvalue weighted by Gasteiger charge is -2.21. The van der Waals surface area contributed by atoms with Crippen molar-refractivity contribution in [3.63, 3.8) is 0 Å². The van der Waals surface area contributed by atoms with Crippen molar-refractivity contribution < 1.29 is 32.3 Å². The largest absolute Gasteiger partial charge is 0.495 e. The number of esters is 1. The van der Waals surface area contributed by atoms with E-state index in [9.17, 15) is 22.8 Å². The maximum atomic E-state index is 12.9. The smallest absolute Gasteiger partial charge is 0.338 e. The van der Waals surface area contributed by atoms with E-state index in [1.54, 1.807) is 24.3 Å². The van der Waals surface area contributed by atoms with Crippen LogP contribution in [-0.2, 0) is 19.6 Å². The fourth-order valence-corrected chi connectivity index (χ4v) is 3.70. The van der Waals surface area contributed by atoms with E-state index in [0.29, 0.717) is 11.4 Å². The molecule has 2 aromatic rings. The summed E-state index contributed by atoms with van der Waals surface area (Å²) >= 11 is 0. The van der Waals surface area contributed by atoms with E-state index in [2.05, 4.69) is 5.32 Å². The van der Waals surface area contributed by atoms with Gasteiger partial charge in [0.25, 0.3) is 15.9 Å². The van der Waals surface area contributed by atoms with Gasteiger partial charge in [0.05, 0.1) is 23.3 Å². The molecule has 0 heterocycles. The van der Waals surface area contributed by atoms with Crippen molar-refractivity contribution >= 4 is 33.6 Å². The topological polar surface area (TPSA) is 131 Å². The standard InChI is InChI=1S/C20H23N3O7S/c1-13(18(24)22-20(26)21-2)30-19(25)14-9-11-15(12-10-14)31(27,28)23(3)16-7-5-6-8-17(16)29-4/h5-13H,1-4H3,(H2,21,22,24,26). The van der Waals surface area contributed by atoms with E-state index in [1.165, 1.54) is 52.4 Å². The van der Waals surface area contributed by atoms with Crippen LogP contribution in [0.1, 0.15) is 17.3 Å². The molecule has 2 rings (SSSR count). The summed E-state index contributed by atoms with van der Waals surface area (Å²) < 4.78 is 37.2. The van der Waals surface area contributed by atoms with Crippen LogP contribution in [0, 0.1) is 0 Å². The van der Waals surface area contributed by atoms with Crippen molar-refractivity contribution in [2.24, 2.45) is 0 Å². The van der Waals surface area contributed by atoms with Crippen molar-refractivity contribution in [3.05, 3.63) is 54.1 Å². The molecule has 11 heteroatoms. The van der Waals surface area contributed by atoms with E-state index in [1.807, 2.05) is 5.32 Å². The predicted molar refractivity (Wildman–Crippen MR) is 113 cm³/mol. The van der Waals surface area contributed by atoms with E-state index in [0.717, 1.165) is 4.31 Å². The average molecular weight is 449 g/mol. The highest BCUT2D eigenvalue weighted by Gasteiger charge is 2.25. The second kappa shape index (κ2) is 9.94. The third-order valence-corrected chi connectivity index (χ3v) is 6.08. The second-order valence-corrected chi connectivity index (χ2v) is 8.25. The predicted octanol–water partition coefficient (Wildman–Crippen LogP) is 1.52. The summed E-state index contributed by atoms with van der Waals surface area (Å²) in [6, 6.07) is 11.0. The van der Waals surface area contributed by atoms with Crippen molar-refractivity contribution in [2.75, 3.05) is 25.5 Å². The number of nitrogens with one attached hydrogen (secondary N) is 2. The molecule has 0 fully saturated rings. The van der Waals surface area contributed by atoms with Gasteiger partial charge in [-0.1, -0.05) is 12.1 Å². The SMILES string of the molecule is CNC(=O)NC(=O)C(C)OC(=O)c1ccc(S(=O)(=O)N(C)c2ccccc2OC)cc1. The van der Waals surface area contributed by atoms with Gasteiger partial charge >= 0.3 is 12.0 Å². The lowest BCUT2D eigenvalue weighted by atomic mass is 10.2. The number of carbonyl (C=O) groups is 3.